The van der Waals surface area contributed by atoms with Gasteiger partial charge in [-0.05, 0) is 36.4 Å². The van der Waals surface area contributed by atoms with Crippen LogP contribution in [-0.4, -0.2) is 19.0 Å². The number of halogens is 2. The van der Waals surface area contributed by atoms with Crippen LogP contribution in [-0.2, 0) is 4.79 Å². The Morgan fingerprint density at radius 2 is 1.78 bits per heavy atom. The summed E-state index contributed by atoms with van der Waals surface area (Å²) in [6, 6.07) is 7.94. The van der Waals surface area contributed by atoms with E-state index >= 15 is 0 Å². The van der Waals surface area contributed by atoms with Gasteiger partial charge in [0.05, 0.1) is 13.2 Å². The van der Waals surface area contributed by atoms with E-state index in [-0.39, 0.29) is 5.70 Å². The standard InChI is InChI=1S/C19H17F2N3O3/c1-10-15(18(25)23-11-6-8-12(27-2)9-7-11)17(24-19(26)22-10)16-13(20)4-3-5-14(16)21/h3-9,15,17H,1H2,2H3,(H,23,25)(H2,22,24,26)/t15-,17+/m1/s1. The number of methoxy groups -OCH3 is 1. The van der Waals surface area contributed by atoms with Gasteiger partial charge in [-0.1, -0.05) is 12.6 Å². The Hall–Kier alpha value is -3.42. The summed E-state index contributed by atoms with van der Waals surface area (Å²) >= 11 is 0. The van der Waals surface area contributed by atoms with Gasteiger partial charge in [-0.25, -0.2) is 13.6 Å². The Morgan fingerprint density at radius 1 is 1.15 bits per heavy atom. The molecule has 140 valence electrons. The molecule has 6 nitrogen and oxygen atoms in total. The molecule has 3 rings (SSSR count). The van der Waals surface area contributed by atoms with Gasteiger partial charge in [-0.3, -0.25) is 4.79 Å². The summed E-state index contributed by atoms with van der Waals surface area (Å²) in [6.07, 6.45) is 0. The predicted octanol–water partition coefficient (Wildman–Crippen LogP) is 3.10. The number of rotatable bonds is 4. The number of benzene rings is 2. The van der Waals surface area contributed by atoms with Crippen molar-refractivity contribution in [3.8, 4) is 5.75 Å². The second kappa shape index (κ2) is 7.45. The molecule has 1 aliphatic heterocycles. The fourth-order valence-electron chi connectivity index (χ4n) is 2.94. The Bertz CT molecular complexity index is 879. The first-order valence-electron chi connectivity index (χ1n) is 8.06. The molecule has 3 N–H and O–H groups in total. The number of hydrogen-bond donors (Lipinski definition) is 3. The number of carbonyl (C=O) groups excluding carboxylic acids is 2. The van der Waals surface area contributed by atoms with Gasteiger partial charge in [-0.2, -0.15) is 0 Å². The molecule has 0 aromatic heterocycles. The lowest BCUT2D eigenvalue weighted by atomic mass is 9.87. The van der Waals surface area contributed by atoms with Crippen molar-refractivity contribution in [2.75, 3.05) is 12.4 Å². The highest BCUT2D eigenvalue weighted by molar-refractivity contribution is 5.97. The molecule has 27 heavy (non-hydrogen) atoms. The summed E-state index contributed by atoms with van der Waals surface area (Å²) in [5, 5.41) is 7.45. The third-order valence-corrected chi connectivity index (χ3v) is 4.22. The maximum absolute atomic E-state index is 14.2. The van der Waals surface area contributed by atoms with Crippen molar-refractivity contribution in [2.24, 2.45) is 5.92 Å². The molecule has 0 bridgehead atoms. The molecule has 1 heterocycles. The highest BCUT2D eigenvalue weighted by atomic mass is 19.1. The maximum Gasteiger partial charge on any atom is 0.319 e. The minimum absolute atomic E-state index is 0.0393. The second-order valence-electron chi connectivity index (χ2n) is 5.93. The molecule has 2 atom stereocenters. The summed E-state index contributed by atoms with van der Waals surface area (Å²) in [4.78, 5) is 24.6. The SMILES string of the molecule is C=C1NC(=O)N[C@H](c2c(F)cccc2F)[C@@H]1C(=O)Nc1ccc(OC)cc1. The Kier molecular flexibility index (Phi) is 5.07. The minimum Gasteiger partial charge on any atom is -0.497 e. The summed E-state index contributed by atoms with van der Waals surface area (Å²) in [5.74, 6) is -2.83. The fraction of sp³-hybridized carbons (Fsp3) is 0.158. The van der Waals surface area contributed by atoms with E-state index in [4.69, 9.17) is 4.74 Å². The van der Waals surface area contributed by atoms with E-state index in [1.165, 1.54) is 13.2 Å². The van der Waals surface area contributed by atoms with Crippen molar-refractivity contribution in [1.82, 2.24) is 10.6 Å². The molecule has 1 saturated heterocycles. The van der Waals surface area contributed by atoms with E-state index in [2.05, 4.69) is 22.5 Å². The number of amides is 3. The van der Waals surface area contributed by atoms with E-state index < -0.39 is 41.1 Å². The lowest BCUT2D eigenvalue weighted by Gasteiger charge is -2.34. The molecule has 1 aliphatic rings. The summed E-state index contributed by atoms with van der Waals surface area (Å²) < 4.78 is 33.6. The van der Waals surface area contributed by atoms with Crippen molar-refractivity contribution >= 4 is 17.6 Å². The van der Waals surface area contributed by atoms with Crippen molar-refractivity contribution in [3.63, 3.8) is 0 Å². The van der Waals surface area contributed by atoms with Gasteiger partial charge < -0.3 is 20.7 Å². The quantitative estimate of drug-likeness (QED) is 0.771. The molecule has 0 aliphatic carbocycles. The van der Waals surface area contributed by atoms with Crippen LogP contribution in [0.3, 0.4) is 0 Å². The monoisotopic (exact) mass is 373 g/mol. The zero-order chi connectivity index (χ0) is 19.6. The van der Waals surface area contributed by atoms with E-state index in [0.29, 0.717) is 11.4 Å². The van der Waals surface area contributed by atoms with E-state index in [1.807, 2.05) is 0 Å². The molecule has 0 saturated carbocycles. The summed E-state index contributed by atoms with van der Waals surface area (Å²) in [5.41, 5.74) is 0.0963. The highest BCUT2D eigenvalue weighted by Crippen LogP contribution is 2.33. The van der Waals surface area contributed by atoms with E-state index in [9.17, 15) is 18.4 Å². The fourth-order valence-corrected chi connectivity index (χ4v) is 2.94. The molecule has 8 heteroatoms. The molecule has 0 spiro atoms. The van der Waals surface area contributed by atoms with Crippen LogP contribution >= 0.6 is 0 Å². The number of urea groups is 1. The molecule has 3 amide bonds. The second-order valence-corrected chi connectivity index (χ2v) is 5.93. The topological polar surface area (TPSA) is 79.5 Å². The first-order valence-corrected chi connectivity index (χ1v) is 8.06. The van der Waals surface area contributed by atoms with Gasteiger partial charge in [0.25, 0.3) is 0 Å². The van der Waals surface area contributed by atoms with Gasteiger partial charge in [0.15, 0.2) is 0 Å². The molecule has 1 fully saturated rings. The largest absolute Gasteiger partial charge is 0.497 e. The molecule has 2 aromatic rings. The zero-order valence-corrected chi connectivity index (χ0v) is 14.4. The smallest absolute Gasteiger partial charge is 0.319 e. The molecular weight excluding hydrogens is 356 g/mol. The van der Waals surface area contributed by atoms with Gasteiger partial charge in [0, 0.05) is 16.9 Å². The van der Waals surface area contributed by atoms with Gasteiger partial charge in [-0.15, -0.1) is 0 Å². The van der Waals surface area contributed by atoms with Crippen LogP contribution in [0.1, 0.15) is 11.6 Å². The van der Waals surface area contributed by atoms with Crippen LogP contribution in [0.15, 0.2) is 54.7 Å². The average molecular weight is 373 g/mol. The van der Waals surface area contributed by atoms with Crippen LogP contribution in [0.25, 0.3) is 0 Å². The summed E-state index contributed by atoms with van der Waals surface area (Å²) in [7, 11) is 1.52. The van der Waals surface area contributed by atoms with Crippen molar-refractivity contribution < 1.29 is 23.1 Å². The van der Waals surface area contributed by atoms with Crippen LogP contribution in [0.4, 0.5) is 19.3 Å². The van der Waals surface area contributed by atoms with E-state index in [0.717, 1.165) is 12.1 Å². The van der Waals surface area contributed by atoms with Gasteiger partial charge >= 0.3 is 6.03 Å². The highest BCUT2D eigenvalue weighted by Gasteiger charge is 2.40. The van der Waals surface area contributed by atoms with E-state index in [1.54, 1.807) is 24.3 Å². The zero-order valence-electron chi connectivity index (χ0n) is 14.4. The first kappa shape index (κ1) is 18.4. The minimum atomic E-state index is -1.24. The maximum atomic E-state index is 14.2. The van der Waals surface area contributed by atoms with Gasteiger partial charge in [0.1, 0.15) is 23.3 Å². The normalized spacial score (nSPS) is 19.1. The van der Waals surface area contributed by atoms with Crippen LogP contribution in [0, 0.1) is 17.6 Å². The Labute approximate surface area is 154 Å². The third-order valence-electron chi connectivity index (χ3n) is 4.22. The Morgan fingerprint density at radius 3 is 2.37 bits per heavy atom. The van der Waals surface area contributed by atoms with Crippen LogP contribution < -0.4 is 20.7 Å². The van der Waals surface area contributed by atoms with Crippen molar-refractivity contribution in [2.45, 2.75) is 6.04 Å². The van der Waals surface area contributed by atoms with Crippen LogP contribution in [0.2, 0.25) is 0 Å². The number of anilines is 1. The number of hydrogen-bond acceptors (Lipinski definition) is 3. The average Bonchev–Trinajstić information content (AvgIpc) is 2.61. The summed E-state index contributed by atoms with van der Waals surface area (Å²) in [6.45, 7) is 3.67. The number of carbonyl (C=O) groups is 2. The molecule has 0 radical (unpaired) electrons. The van der Waals surface area contributed by atoms with Crippen molar-refractivity contribution in [3.05, 3.63) is 71.9 Å². The predicted molar refractivity (Wildman–Crippen MR) is 95.0 cm³/mol. The molecule has 0 unspecified atom stereocenters. The van der Waals surface area contributed by atoms with Crippen LogP contribution in [0.5, 0.6) is 5.75 Å². The molecule has 2 aromatic carbocycles. The van der Waals surface area contributed by atoms with Crippen molar-refractivity contribution in [1.29, 1.82) is 0 Å². The Balaban J connectivity index is 1.92. The number of nitrogens with one attached hydrogen (secondary N) is 3. The first-order chi connectivity index (χ1) is 12.9. The lowest BCUT2D eigenvalue weighted by Crippen LogP contribution is -2.52. The lowest BCUT2D eigenvalue weighted by molar-refractivity contribution is -0.119. The molecular formula is C19H17F2N3O3. The number of ether oxygens (including phenoxy) is 1. The third kappa shape index (κ3) is 3.74. The van der Waals surface area contributed by atoms with Gasteiger partial charge in [0.2, 0.25) is 5.91 Å².